The van der Waals surface area contributed by atoms with E-state index in [4.69, 9.17) is 9.47 Å². The molecule has 0 amide bonds. The number of quaternary nitrogens is 1. The molecule has 0 radical (unpaired) electrons. The van der Waals surface area contributed by atoms with E-state index >= 15 is 0 Å². The van der Waals surface area contributed by atoms with Gasteiger partial charge in [0.25, 0.3) is 0 Å². The maximum Gasteiger partial charge on any atom is 0.137 e. The van der Waals surface area contributed by atoms with Crippen LogP contribution in [0.2, 0.25) is 0 Å². The maximum atomic E-state index is 10.3. The molecule has 1 heterocycles. The smallest absolute Gasteiger partial charge is 0.137 e. The predicted molar refractivity (Wildman–Crippen MR) is 92.2 cm³/mol. The zero-order chi connectivity index (χ0) is 16.8. The Morgan fingerprint density at radius 3 is 2.57 bits per heavy atom. The number of aliphatic hydroxyl groups excluding tert-OH is 1. The molecule has 1 aliphatic heterocycles. The van der Waals surface area contributed by atoms with Gasteiger partial charge in [-0.1, -0.05) is 32.0 Å². The standard InChI is InChI=1S/C19H31NO3/c1-5-14(2)18-8-6-7-9-19(18)22-13-17(21)12-20-10-15(3)23-16(4)11-20/h6-9,14-17,21H,5,10-13H2,1-4H3/p+1/t14-,15-,16+,17+/m1/s1. The molecule has 0 saturated carbocycles. The summed E-state index contributed by atoms with van der Waals surface area (Å²) in [6.45, 7) is 11.5. The minimum Gasteiger partial charge on any atom is -0.490 e. The molecule has 1 aliphatic rings. The summed E-state index contributed by atoms with van der Waals surface area (Å²) in [5, 5.41) is 10.3. The number of hydrogen-bond acceptors (Lipinski definition) is 3. The van der Waals surface area contributed by atoms with E-state index < -0.39 is 6.10 Å². The van der Waals surface area contributed by atoms with E-state index in [1.54, 1.807) is 0 Å². The van der Waals surface area contributed by atoms with Gasteiger partial charge in [-0.3, -0.25) is 0 Å². The molecule has 130 valence electrons. The molecule has 0 spiro atoms. The normalized spacial score (nSPS) is 27.4. The lowest BCUT2D eigenvalue weighted by Crippen LogP contribution is -3.16. The fourth-order valence-corrected chi connectivity index (χ4v) is 3.37. The minimum absolute atomic E-state index is 0.257. The van der Waals surface area contributed by atoms with Crippen molar-refractivity contribution in [3.8, 4) is 5.75 Å². The molecular formula is C19H32NO3+. The van der Waals surface area contributed by atoms with Crippen molar-refractivity contribution < 1.29 is 19.5 Å². The van der Waals surface area contributed by atoms with Crippen molar-refractivity contribution in [2.45, 2.75) is 58.3 Å². The van der Waals surface area contributed by atoms with Crippen molar-refractivity contribution in [2.24, 2.45) is 0 Å². The zero-order valence-corrected chi connectivity index (χ0v) is 14.9. The topological polar surface area (TPSA) is 43.1 Å². The van der Waals surface area contributed by atoms with Crippen LogP contribution < -0.4 is 9.64 Å². The molecule has 4 nitrogen and oxygen atoms in total. The number of nitrogens with one attached hydrogen (secondary N) is 1. The Kier molecular flexibility index (Phi) is 6.88. The first-order valence-corrected chi connectivity index (χ1v) is 8.88. The second-order valence-electron chi connectivity index (χ2n) is 6.93. The molecule has 1 aromatic rings. The maximum absolute atomic E-state index is 10.3. The van der Waals surface area contributed by atoms with Crippen LogP contribution in [0.4, 0.5) is 0 Å². The summed E-state index contributed by atoms with van der Waals surface area (Å²) in [6.07, 6.45) is 1.14. The molecule has 1 aromatic carbocycles. The number of ether oxygens (including phenoxy) is 2. The Morgan fingerprint density at radius 2 is 1.91 bits per heavy atom. The predicted octanol–water partition coefficient (Wildman–Crippen LogP) is 1.63. The number of benzene rings is 1. The highest BCUT2D eigenvalue weighted by Crippen LogP contribution is 2.28. The van der Waals surface area contributed by atoms with E-state index in [1.165, 1.54) is 10.5 Å². The summed E-state index contributed by atoms with van der Waals surface area (Å²) < 4.78 is 11.7. The average molecular weight is 322 g/mol. The Hall–Kier alpha value is -1.10. The number of para-hydroxylation sites is 1. The molecule has 1 unspecified atom stereocenters. The molecule has 0 aromatic heterocycles. The molecule has 2 rings (SSSR count). The van der Waals surface area contributed by atoms with Gasteiger partial charge in [0.2, 0.25) is 0 Å². The van der Waals surface area contributed by atoms with Gasteiger partial charge in [-0.25, -0.2) is 0 Å². The molecule has 1 saturated heterocycles. The summed E-state index contributed by atoms with van der Waals surface area (Å²) in [5.41, 5.74) is 1.23. The molecule has 23 heavy (non-hydrogen) atoms. The minimum atomic E-state index is -0.451. The number of morpholine rings is 1. The second-order valence-corrected chi connectivity index (χ2v) is 6.93. The fraction of sp³-hybridized carbons (Fsp3) is 0.684. The van der Waals surface area contributed by atoms with Crippen LogP contribution in [0.1, 0.15) is 45.6 Å². The second kappa shape index (κ2) is 8.67. The van der Waals surface area contributed by atoms with Crippen molar-refractivity contribution in [1.29, 1.82) is 0 Å². The molecule has 5 atom stereocenters. The average Bonchev–Trinajstić information content (AvgIpc) is 2.51. The monoisotopic (exact) mass is 322 g/mol. The van der Waals surface area contributed by atoms with E-state index in [9.17, 15) is 5.11 Å². The Bertz CT molecular complexity index is 469. The molecule has 1 fully saturated rings. The van der Waals surface area contributed by atoms with Crippen LogP contribution in [0.25, 0.3) is 0 Å². The zero-order valence-electron chi connectivity index (χ0n) is 14.9. The Morgan fingerprint density at radius 1 is 1.26 bits per heavy atom. The van der Waals surface area contributed by atoms with E-state index in [1.807, 2.05) is 18.2 Å². The van der Waals surface area contributed by atoms with Gasteiger partial charge in [-0.05, 0) is 37.8 Å². The van der Waals surface area contributed by atoms with Gasteiger partial charge in [-0.2, -0.15) is 0 Å². The highest BCUT2D eigenvalue weighted by molar-refractivity contribution is 5.35. The molecule has 0 bridgehead atoms. The van der Waals surface area contributed by atoms with Gasteiger partial charge in [0, 0.05) is 0 Å². The fourth-order valence-electron chi connectivity index (χ4n) is 3.37. The molecule has 4 heteroatoms. The highest BCUT2D eigenvalue weighted by atomic mass is 16.5. The number of aliphatic hydroxyl groups is 1. The summed E-state index contributed by atoms with van der Waals surface area (Å²) in [4.78, 5) is 1.39. The summed E-state index contributed by atoms with van der Waals surface area (Å²) >= 11 is 0. The van der Waals surface area contributed by atoms with Crippen LogP contribution in [-0.4, -0.2) is 49.7 Å². The highest BCUT2D eigenvalue weighted by Gasteiger charge is 2.27. The Balaban J connectivity index is 1.86. The summed E-state index contributed by atoms with van der Waals surface area (Å²) in [7, 11) is 0. The van der Waals surface area contributed by atoms with Gasteiger partial charge in [0.1, 0.15) is 50.3 Å². The molecule has 2 N–H and O–H groups in total. The number of rotatable bonds is 7. The van der Waals surface area contributed by atoms with Crippen LogP contribution in [0.15, 0.2) is 24.3 Å². The lowest BCUT2D eigenvalue weighted by molar-refractivity contribution is -0.918. The van der Waals surface area contributed by atoms with Crippen molar-refractivity contribution >= 4 is 0 Å². The third-order valence-corrected chi connectivity index (χ3v) is 4.63. The van der Waals surface area contributed by atoms with Crippen LogP contribution in [0.5, 0.6) is 5.75 Å². The van der Waals surface area contributed by atoms with Gasteiger partial charge in [0.05, 0.1) is 0 Å². The third-order valence-electron chi connectivity index (χ3n) is 4.63. The lowest BCUT2D eigenvalue weighted by atomic mass is 9.98. The summed E-state index contributed by atoms with van der Waals surface area (Å²) in [5.74, 6) is 1.37. The third kappa shape index (κ3) is 5.48. The van der Waals surface area contributed by atoms with Crippen LogP contribution >= 0.6 is 0 Å². The molecular weight excluding hydrogens is 290 g/mol. The van der Waals surface area contributed by atoms with Crippen LogP contribution in [0, 0.1) is 0 Å². The van der Waals surface area contributed by atoms with E-state index in [0.29, 0.717) is 19.1 Å². The van der Waals surface area contributed by atoms with Crippen molar-refractivity contribution in [1.82, 2.24) is 0 Å². The largest absolute Gasteiger partial charge is 0.490 e. The van der Waals surface area contributed by atoms with Crippen molar-refractivity contribution in [2.75, 3.05) is 26.2 Å². The van der Waals surface area contributed by atoms with E-state index in [2.05, 4.69) is 33.8 Å². The first-order chi connectivity index (χ1) is 11.0. The SMILES string of the molecule is CC[C@@H](C)c1ccccc1OC[C@@H](O)C[NH+]1C[C@@H](C)O[C@@H](C)C1. The van der Waals surface area contributed by atoms with E-state index in [-0.39, 0.29) is 12.2 Å². The van der Waals surface area contributed by atoms with Gasteiger partial charge >= 0.3 is 0 Å². The van der Waals surface area contributed by atoms with Crippen LogP contribution in [-0.2, 0) is 4.74 Å². The first-order valence-electron chi connectivity index (χ1n) is 8.88. The van der Waals surface area contributed by atoms with Crippen LogP contribution in [0.3, 0.4) is 0 Å². The van der Waals surface area contributed by atoms with Gasteiger partial charge in [0.15, 0.2) is 0 Å². The van der Waals surface area contributed by atoms with E-state index in [0.717, 1.165) is 25.3 Å². The Labute approximate surface area is 140 Å². The van der Waals surface area contributed by atoms with Crippen molar-refractivity contribution in [3.05, 3.63) is 29.8 Å². The van der Waals surface area contributed by atoms with Gasteiger partial charge < -0.3 is 19.5 Å². The molecule has 0 aliphatic carbocycles. The van der Waals surface area contributed by atoms with Gasteiger partial charge in [-0.15, -0.1) is 0 Å². The lowest BCUT2D eigenvalue weighted by Gasteiger charge is -2.33. The summed E-state index contributed by atoms with van der Waals surface area (Å²) in [6, 6.07) is 8.15. The number of hydrogen-bond donors (Lipinski definition) is 2. The van der Waals surface area contributed by atoms with Crippen molar-refractivity contribution in [3.63, 3.8) is 0 Å². The first kappa shape index (κ1) is 18.2. The quantitative estimate of drug-likeness (QED) is 0.802.